The van der Waals surface area contributed by atoms with Crippen LogP contribution in [0.1, 0.15) is 18.4 Å². The average Bonchev–Trinajstić information content (AvgIpc) is 2.46. The van der Waals surface area contributed by atoms with Crippen molar-refractivity contribution in [1.29, 1.82) is 0 Å². The van der Waals surface area contributed by atoms with Gasteiger partial charge >= 0.3 is 0 Å². The standard InChI is InChI=1S/C15H25NO2S/c1-17-11-12-18-10-4-3-9-16-13-14-5-7-15(19-2)8-6-14/h5-8,16H,3-4,9-13H2,1-2H3. The summed E-state index contributed by atoms with van der Waals surface area (Å²) in [5, 5.41) is 3.45. The third kappa shape index (κ3) is 8.26. The molecule has 19 heavy (non-hydrogen) atoms. The van der Waals surface area contributed by atoms with Gasteiger partial charge in [-0.25, -0.2) is 0 Å². The molecule has 0 aliphatic rings. The molecular formula is C15H25NO2S. The van der Waals surface area contributed by atoms with Gasteiger partial charge in [0, 0.05) is 25.2 Å². The van der Waals surface area contributed by atoms with Crippen LogP contribution in [0.2, 0.25) is 0 Å². The Morgan fingerprint density at radius 3 is 2.53 bits per heavy atom. The van der Waals surface area contributed by atoms with Gasteiger partial charge in [-0.1, -0.05) is 12.1 Å². The number of rotatable bonds is 11. The minimum atomic E-state index is 0.685. The van der Waals surface area contributed by atoms with Crippen LogP contribution in [0.5, 0.6) is 0 Å². The Kier molecular flexibility index (Phi) is 9.81. The first kappa shape index (κ1) is 16.5. The van der Waals surface area contributed by atoms with E-state index in [1.165, 1.54) is 10.5 Å². The fraction of sp³-hybridized carbons (Fsp3) is 0.600. The van der Waals surface area contributed by atoms with Crippen molar-refractivity contribution in [3.63, 3.8) is 0 Å². The van der Waals surface area contributed by atoms with E-state index in [1.807, 2.05) is 0 Å². The van der Waals surface area contributed by atoms with Crippen molar-refractivity contribution in [2.75, 3.05) is 39.7 Å². The maximum atomic E-state index is 5.41. The topological polar surface area (TPSA) is 30.5 Å². The third-order valence-electron chi connectivity index (χ3n) is 2.81. The molecule has 108 valence electrons. The monoisotopic (exact) mass is 283 g/mol. The summed E-state index contributed by atoms with van der Waals surface area (Å²) in [5.74, 6) is 0. The van der Waals surface area contributed by atoms with Crippen molar-refractivity contribution in [2.45, 2.75) is 24.3 Å². The molecule has 0 aromatic heterocycles. The normalized spacial score (nSPS) is 10.8. The predicted molar refractivity (Wildman–Crippen MR) is 81.9 cm³/mol. The Balaban J connectivity index is 1.95. The molecule has 0 amide bonds. The molecule has 0 atom stereocenters. The van der Waals surface area contributed by atoms with Crippen molar-refractivity contribution in [3.05, 3.63) is 29.8 Å². The zero-order chi connectivity index (χ0) is 13.8. The molecule has 0 unspecified atom stereocenters. The maximum Gasteiger partial charge on any atom is 0.0700 e. The van der Waals surface area contributed by atoms with Crippen molar-refractivity contribution in [2.24, 2.45) is 0 Å². The molecule has 0 radical (unpaired) electrons. The summed E-state index contributed by atoms with van der Waals surface area (Å²) in [4.78, 5) is 1.32. The Bertz CT molecular complexity index is 316. The number of thioether (sulfide) groups is 1. The second-order valence-electron chi connectivity index (χ2n) is 4.34. The first-order valence-electron chi connectivity index (χ1n) is 6.77. The van der Waals surface area contributed by atoms with Crippen LogP contribution in [0.25, 0.3) is 0 Å². The molecule has 4 heteroatoms. The van der Waals surface area contributed by atoms with Gasteiger partial charge in [0.2, 0.25) is 0 Å². The van der Waals surface area contributed by atoms with Gasteiger partial charge in [-0.15, -0.1) is 11.8 Å². The van der Waals surface area contributed by atoms with E-state index in [0.29, 0.717) is 13.2 Å². The van der Waals surface area contributed by atoms with Crippen LogP contribution in [0, 0.1) is 0 Å². The summed E-state index contributed by atoms with van der Waals surface area (Å²) in [5.41, 5.74) is 1.34. The molecule has 1 rings (SSSR count). The quantitative estimate of drug-likeness (QED) is 0.500. The van der Waals surface area contributed by atoms with E-state index in [1.54, 1.807) is 18.9 Å². The summed E-state index contributed by atoms with van der Waals surface area (Å²) in [7, 11) is 1.69. The zero-order valence-electron chi connectivity index (χ0n) is 12.0. The Morgan fingerprint density at radius 1 is 1.05 bits per heavy atom. The van der Waals surface area contributed by atoms with Crippen molar-refractivity contribution in [1.82, 2.24) is 5.32 Å². The highest BCUT2D eigenvalue weighted by Crippen LogP contribution is 2.14. The molecule has 0 heterocycles. The summed E-state index contributed by atoms with van der Waals surface area (Å²) >= 11 is 1.78. The lowest BCUT2D eigenvalue weighted by Crippen LogP contribution is -2.15. The lowest BCUT2D eigenvalue weighted by atomic mass is 10.2. The van der Waals surface area contributed by atoms with Crippen LogP contribution >= 0.6 is 11.8 Å². The average molecular weight is 283 g/mol. The summed E-state index contributed by atoms with van der Waals surface area (Å²) < 4.78 is 10.3. The summed E-state index contributed by atoms with van der Waals surface area (Å²) in [6.45, 7) is 4.20. The molecule has 3 nitrogen and oxygen atoms in total. The molecule has 0 saturated carbocycles. The van der Waals surface area contributed by atoms with Gasteiger partial charge in [0.05, 0.1) is 13.2 Å². The third-order valence-corrected chi connectivity index (χ3v) is 3.56. The highest BCUT2D eigenvalue weighted by Gasteiger charge is 1.94. The summed E-state index contributed by atoms with van der Waals surface area (Å²) in [6.07, 6.45) is 4.35. The van der Waals surface area contributed by atoms with Gasteiger partial charge in [0.25, 0.3) is 0 Å². The molecule has 0 saturated heterocycles. The highest BCUT2D eigenvalue weighted by molar-refractivity contribution is 7.98. The predicted octanol–water partition coefficient (Wildman–Crippen LogP) is 2.94. The van der Waals surface area contributed by atoms with Crippen LogP contribution in [-0.4, -0.2) is 39.7 Å². The second-order valence-corrected chi connectivity index (χ2v) is 5.22. The van der Waals surface area contributed by atoms with Crippen LogP contribution in [-0.2, 0) is 16.0 Å². The molecule has 0 bridgehead atoms. The largest absolute Gasteiger partial charge is 0.382 e. The van der Waals surface area contributed by atoms with Gasteiger partial charge in [-0.2, -0.15) is 0 Å². The van der Waals surface area contributed by atoms with E-state index < -0.39 is 0 Å². The van der Waals surface area contributed by atoms with Crippen LogP contribution in [0.4, 0.5) is 0 Å². The number of benzene rings is 1. The molecule has 0 aliphatic carbocycles. The molecule has 1 aromatic rings. The second kappa shape index (κ2) is 11.3. The molecule has 1 N–H and O–H groups in total. The number of nitrogens with one attached hydrogen (secondary N) is 1. The lowest BCUT2D eigenvalue weighted by Gasteiger charge is -2.06. The van der Waals surface area contributed by atoms with E-state index in [-0.39, 0.29) is 0 Å². The van der Waals surface area contributed by atoms with Crippen LogP contribution in [0.3, 0.4) is 0 Å². The van der Waals surface area contributed by atoms with E-state index in [2.05, 4.69) is 35.8 Å². The van der Waals surface area contributed by atoms with Crippen LogP contribution < -0.4 is 5.32 Å². The first-order chi connectivity index (χ1) is 9.36. The van der Waals surface area contributed by atoms with E-state index in [4.69, 9.17) is 9.47 Å². The first-order valence-corrected chi connectivity index (χ1v) is 7.99. The Morgan fingerprint density at radius 2 is 1.84 bits per heavy atom. The molecule has 0 spiro atoms. The zero-order valence-corrected chi connectivity index (χ0v) is 12.8. The smallest absolute Gasteiger partial charge is 0.0700 e. The summed E-state index contributed by atoms with van der Waals surface area (Å²) in [6, 6.07) is 8.72. The van der Waals surface area contributed by atoms with Gasteiger partial charge < -0.3 is 14.8 Å². The van der Waals surface area contributed by atoms with E-state index in [0.717, 1.165) is 32.5 Å². The number of methoxy groups -OCH3 is 1. The minimum absolute atomic E-state index is 0.685. The Hall–Kier alpha value is -0.550. The van der Waals surface area contributed by atoms with Crippen molar-refractivity contribution >= 4 is 11.8 Å². The van der Waals surface area contributed by atoms with E-state index in [9.17, 15) is 0 Å². The fourth-order valence-corrected chi connectivity index (χ4v) is 2.08. The van der Waals surface area contributed by atoms with Crippen molar-refractivity contribution < 1.29 is 9.47 Å². The molecule has 0 fully saturated rings. The van der Waals surface area contributed by atoms with Gasteiger partial charge in [0.1, 0.15) is 0 Å². The fourth-order valence-electron chi connectivity index (χ4n) is 1.67. The Labute approximate surface area is 121 Å². The lowest BCUT2D eigenvalue weighted by molar-refractivity contribution is 0.0688. The van der Waals surface area contributed by atoms with Crippen molar-refractivity contribution in [3.8, 4) is 0 Å². The van der Waals surface area contributed by atoms with Crippen LogP contribution in [0.15, 0.2) is 29.2 Å². The molecule has 1 aromatic carbocycles. The van der Waals surface area contributed by atoms with Gasteiger partial charge in [-0.05, 0) is 43.3 Å². The maximum absolute atomic E-state index is 5.41. The highest BCUT2D eigenvalue weighted by atomic mass is 32.2. The van der Waals surface area contributed by atoms with Gasteiger partial charge in [0.15, 0.2) is 0 Å². The molecular weight excluding hydrogens is 258 g/mol. The van der Waals surface area contributed by atoms with Gasteiger partial charge in [-0.3, -0.25) is 0 Å². The minimum Gasteiger partial charge on any atom is -0.382 e. The SMILES string of the molecule is COCCOCCCCNCc1ccc(SC)cc1. The number of hydrogen-bond donors (Lipinski definition) is 1. The number of hydrogen-bond acceptors (Lipinski definition) is 4. The number of unbranched alkanes of at least 4 members (excludes halogenated alkanes) is 1. The number of ether oxygens (including phenoxy) is 2. The molecule has 0 aliphatic heterocycles. The van der Waals surface area contributed by atoms with E-state index >= 15 is 0 Å².